The van der Waals surface area contributed by atoms with Crippen LogP contribution in [0.25, 0.3) is 0 Å². The summed E-state index contributed by atoms with van der Waals surface area (Å²) in [7, 11) is 0. The third-order valence-corrected chi connectivity index (χ3v) is 2.45. The van der Waals surface area contributed by atoms with Crippen molar-refractivity contribution in [3.8, 4) is 0 Å². The standard InChI is InChI=1S/C9H17NO2/c1-6-11-7-10-8(2,3)9(4,5)12-7/h6H2,1-5H3. The van der Waals surface area contributed by atoms with Crippen molar-refractivity contribution < 1.29 is 9.47 Å². The van der Waals surface area contributed by atoms with Crippen LogP contribution in [0.1, 0.15) is 34.6 Å². The van der Waals surface area contributed by atoms with E-state index in [4.69, 9.17) is 9.47 Å². The summed E-state index contributed by atoms with van der Waals surface area (Å²) in [5, 5.41) is 0. The highest BCUT2D eigenvalue weighted by Crippen LogP contribution is 2.34. The molecule has 0 N–H and O–H groups in total. The molecule has 0 aliphatic carbocycles. The molecule has 1 aliphatic rings. The third kappa shape index (κ3) is 1.40. The summed E-state index contributed by atoms with van der Waals surface area (Å²) in [6.45, 7) is 10.6. The lowest BCUT2D eigenvalue weighted by Crippen LogP contribution is -2.41. The van der Waals surface area contributed by atoms with Crippen LogP contribution < -0.4 is 0 Å². The molecule has 0 radical (unpaired) electrons. The van der Waals surface area contributed by atoms with Gasteiger partial charge in [-0.2, -0.15) is 0 Å². The second kappa shape index (κ2) is 2.64. The van der Waals surface area contributed by atoms with Crippen LogP contribution in [0.3, 0.4) is 0 Å². The van der Waals surface area contributed by atoms with E-state index in [2.05, 4.69) is 4.99 Å². The van der Waals surface area contributed by atoms with E-state index in [0.717, 1.165) is 0 Å². The lowest BCUT2D eigenvalue weighted by atomic mass is 9.87. The van der Waals surface area contributed by atoms with Gasteiger partial charge in [-0.05, 0) is 34.6 Å². The molecular formula is C9H17NO2. The first-order valence-electron chi connectivity index (χ1n) is 4.31. The van der Waals surface area contributed by atoms with Crippen molar-refractivity contribution in [2.24, 2.45) is 4.99 Å². The number of nitrogens with zero attached hydrogens (tertiary/aromatic N) is 1. The molecule has 0 aromatic rings. The number of hydrogen-bond donors (Lipinski definition) is 0. The molecule has 0 saturated heterocycles. The number of rotatable bonds is 1. The van der Waals surface area contributed by atoms with Gasteiger partial charge < -0.3 is 9.47 Å². The van der Waals surface area contributed by atoms with Gasteiger partial charge in [0.2, 0.25) is 0 Å². The van der Waals surface area contributed by atoms with E-state index < -0.39 is 0 Å². The molecular weight excluding hydrogens is 154 g/mol. The van der Waals surface area contributed by atoms with Crippen LogP contribution in [-0.2, 0) is 9.47 Å². The zero-order valence-corrected chi connectivity index (χ0v) is 8.47. The fourth-order valence-corrected chi connectivity index (χ4v) is 0.914. The summed E-state index contributed by atoms with van der Waals surface area (Å²) in [6.07, 6.45) is 0.424. The van der Waals surface area contributed by atoms with Crippen LogP contribution in [0, 0.1) is 0 Å². The topological polar surface area (TPSA) is 30.8 Å². The van der Waals surface area contributed by atoms with Crippen molar-refractivity contribution in [2.75, 3.05) is 6.61 Å². The monoisotopic (exact) mass is 171 g/mol. The lowest BCUT2D eigenvalue weighted by Gasteiger charge is -2.29. The Balaban J connectivity index is 2.76. The molecule has 0 spiro atoms. The molecule has 0 atom stereocenters. The van der Waals surface area contributed by atoms with Gasteiger partial charge in [0.05, 0.1) is 6.61 Å². The molecule has 1 rings (SSSR count). The summed E-state index contributed by atoms with van der Waals surface area (Å²) in [5.41, 5.74) is -0.463. The van der Waals surface area contributed by atoms with Gasteiger partial charge >= 0.3 is 6.08 Å². The summed E-state index contributed by atoms with van der Waals surface area (Å²) >= 11 is 0. The Morgan fingerprint density at radius 1 is 1.33 bits per heavy atom. The first-order valence-corrected chi connectivity index (χ1v) is 4.31. The minimum Gasteiger partial charge on any atom is -0.451 e. The van der Waals surface area contributed by atoms with Crippen molar-refractivity contribution >= 4 is 6.08 Å². The molecule has 70 valence electrons. The lowest BCUT2D eigenvalue weighted by molar-refractivity contribution is 0.0331. The normalized spacial score (nSPS) is 24.6. The number of hydrogen-bond acceptors (Lipinski definition) is 3. The van der Waals surface area contributed by atoms with Gasteiger partial charge in [0.15, 0.2) is 0 Å². The summed E-state index contributed by atoms with van der Waals surface area (Å²) in [4.78, 5) is 4.34. The molecule has 0 amide bonds. The molecule has 0 bridgehead atoms. The molecule has 0 aromatic carbocycles. The van der Waals surface area contributed by atoms with Crippen molar-refractivity contribution in [3.63, 3.8) is 0 Å². The van der Waals surface area contributed by atoms with Gasteiger partial charge in [0.1, 0.15) is 11.1 Å². The van der Waals surface area contributed by atoms with E-state index >= 15 is 0 Å². The Bertz CT molecular complexity index is 207. The van der Waals surface area contributed by atoms with Crippen molar-refractivity contribution in [1.29, 1.82) is 0 Å². The fraction of sp³-hybridized carbons (Fsp3) is 0.889. The molecule has 12 heavy (non-hydrogen) atoms. The number of ether oxygens (including phenoxy) is 2. The van der Waals surface area contributed by atoms with Crippen LogP contribution >= 0.6 is 0 Å². The maximum Gasteiger partial charge on any atom is 0.384 e. The Morgan fingerprint density at radius 3 is 2.25 bits per heavy atom. The predicted octanol–water partition coefficient (Wildman–Crippen LogP) is 1.97. The Hall–Kier alpha value is -0.730. The Morgan fingerprint density at radius 2 is 1.92 bits per heavy atom. The van der Waals surface area contributed by atoms with Crippen LogP contribution in [0.2, 0.25) is 0 Å². The van der Waals surface area contributed by atoms with Gasteiger partial charge in [-0.1, -0.05) is 0 Å². The second-order valence-corrected chi connectivity index (χ2v) is 3.98. The molecule has 3 heteroatoms. The smallest absolute Gasteiger partial charge is 0.384 e. The minimum absolute atomic E-state index is 0.197. The van der Waals surface area contributed by atoms with E-state index in [0.29, 0.717) is 12.7 Å². The van der Waals surface area contributed by atoms with Crippen molar-refractivity contribution in [1.82, 2.24) is 0 Å². The molecule has 3 nitrogen and oxygen atoms in total. The molecule has 0 fully saturated rings. The van der Waals surface area contributed by atoms with E-state index in [1.54, 1.807) is 0 Å². The molecule has 0 saturated carbocycles. The minimum atomic E-state index is -0.266. The molecule has 0 aromatic heterocycles. The van der Waals surface area contributed by atoms with E-state index in [1.807, 2.05) is 34.6 Å². The van der Waals surface area contributed by atoms with Crippen LogP contribution in [0.5, 0.6) is 0 Å². The fourth-order valence-electron chi connectivity index (χ4n) is 0.914. The van der Waals surface area contributed by atoms with Crippen molar-refractivity contribution in [3.05, 3.63) is 0 Å². The predicted molar refractivity (Wildman–Crippen MR) is 48.3 cm³/mol. The number of aliphatic imine (C=N–C) groups is 1. The van der Waals surface area contributed by atoms with Crippen LogP contribution in [-0.4, -0.2) is 23.8 Å². The SMILES string of the molecule is CCOC1=NC(C)(C)C(C)(C)O1. The zero-order valence-electron chi connectivity index (χ0n) is 8.47. The second-order valence-electron chi connectivity index (χ2n) is 3.98. The first kappa shape index (κ1) is 9.36. The highest BCUT2D eigenvalue weighted by Gasteiger charge is 2.46. The van der Waals surface area contributed by atoms with Gasteiger partial charge in [-0.15, -0.1) is 0 Å². The quantitative estimate of drug-likeness (QED) is 0.604. The molecule has 1 aliphatic heterocycles. The maximum absolute atomic E-state index is 5.53. The van der Waals surface area contributed by atoms with Gasteiger partial charge in [0.25, 0.3) is 0 Å². The average molecular weight is 171 g/mol. The van der Waals surface area contributed by atoms with E-state index in [9.17, 15) is 0 Å². The highest BCUT2D eigenvalue weighted by molar-refractivity contribution is 5.70. The third-order valence-electron chi connectivity index (χ3n) is 2.45. The zero-order chi connectivity index (χ0) is 9.41. The van der Waals surface area contributed by atoms with Gasteiger partial charge in [0, 0.05) is 0 Å². The largest absolute Gasteiger partial charge is 0.451 e. The Kier molecular flexibility index (Phi) is 2.06. The van der Waals surface area contributed by atoms with E-state index in [1.165, 1.54) is 0 Å². The first-order chi connectivity index (χ1) is 5.39. The van der Waals surface area contributed by atoms with Gasteiger partial charge in [-0.3, -0.25) is 0 Å². The van der Waals surface area contributed by atoms with Crippen molar-refractivity contribution in [2.45, 2.75) is 45.8 Å². The summed E-state index contributed by atoms with van der Waals surface area (Å²) in [5.74, 6) is 0. The van der Waals surface area contributed by atoms with E-state index in [-0.39, 0.29) is 11.1 Å². The van der Waals surface area contributed by atoms with Gasteiger partial charge in [-0.25, -0.2) is 4.99 Å². The van der Waals surface area contributed by atoms with Crippen LogP contribution in [0.4, 0.5) is 0 Å². The highest BCUT2D eigenvalue weighted by atomic mass is 16.7. The Labute approximate surface area is 73.8 Å². The summed E-state index contributed by atoms with van der Waals surface area (Å²) in [6, 6.07) is 0. The summed E-state index contributed by atoms with van der Waals surface area (Å²) < 4.78 is 10.7. The molecule has 1 heterocycles. The van der Waals surface area contributed by atoms with Crippen LogP contribution in [0.15, 0.2) is 4.99 Å². The average Bonchev–Trinajstić information content (AvgIpc) is 2.02. The molecule has 0 unspecified atom stereocenters. The maximum atomic E-state index is 5.53.